The lowest BCUT2D eigenvalue weighted by Gasteiger charge is -2.32. The Morgan fingerprint density at radius 1 is 1.23 bits per heavy atom. The predicted molar refractivity (Wildman–Crippen MR) is 98.7 cm³/mol. The van der Waals surface area contributed by atoms with E-state index in [1.165, 1.54) is 0 Å². The number of carbonyl (C=O) groups is 1. The third-order valence-corrected chi connectivity index (χ3v) is 4.96. The zero-order valence-corrected chi connectivity index (χ0v) is 15.6. The molecule has 8 heteroatoms. The number of benzene rings is 1. The van der Waals surface area contributed by atoms with Crippen molar-refractivity contribution in [2.75, 3.05) is 25.2 Å². The molecule has 0 bridgehead atoms. The van der Waals surface area contributed by atoms with Gasteiger partial charge in [-0.1, -0.05) is 0 Å². The third kappa shape index (κ3) is 3.70. The van der Waals surface area contributed by atoms with Crippen LogP contribution in [0.1, 0.15) is 12.8 Å². The van der Waals surface area contributed by atoms with Crippen molar-refractivity contribution in [1.82, 2.24) is 9.88 Å². The van der Waals surface area contributed by atoms with Crippen LogP contribution in [-0.2, 0) is 0 Å². The Morgan fingerprint density at radius 2 is 2.04 bits per heavy atom. The van der Waals surface area contributed by atoms with Crippen LogP contribution in [0.25, 0.3) is 0 Å². The van der Waals surface area contributed by atoms with Gasteiger partial charge in [0.15, 0.2) is 11.5 Å². The van der Waals surface area contributed by atoms with E-state index in [1.807, 2.05) is 12.1 Å². The number of fused-ring (bicyclic) bond motifs is 1. The summed E-state index contributed by atoms with van der Waals surface area (Å²) in [5.41, 5.74) is 0.690. The van der Waals surface area contributed by atoms with Gasteiger partial charge in [-0.15, -0.1) is 0 Å². The highest BCUT2D eigenvalue weighted by Gasteiger charge is 2.25. The monoisotopic (exact) mass is 419 g/mol. The summed E-state index contributed by atoms with van der Waals surface area (Å²) < 4.78 is 17.4. The van der Waals surface area contributed by atoms with Gasteiger partial charge in [-0.2, -0.15) is 0 Å². The molecule has 0 radical (unpaired) electrons. The van der Waals surface area contributed by atoms with Crippen molar-refractivity contribution in [3.8, 4) is 17.4 Å². The summed E-state index contributed by atoms with van der Waals surface area (Å²) in [6.07, 6.45) is 3.28. The maximum atomic E-state index is 12.5. The van der Waals surface area contributed by atoms with Crippen molar-refractivity contribution < 1.29 is 19.0 Å². The lowest BCUT2D eigenvalue weighted by molar-refractivity contribution is 0.111. The predicted octanol–water partition coefficient (Wildman–Crippen LogP) is 3.65. The highest BCUT2D eigenvalue weighted by atomic mass is 79.9. The molecule has 0 spiro atoms. The molecule has 0 atom stereocenters. The molecular formula is C18H18BrN3O4. The van der Waals surface area contributed by atoms with Gasteiger partial charge in [0.2, 0.25) is 12.7 Å². The van der Waals surface area contributed by atoms with E-state index in [0.29, 0.717) is 36.2 Å². The molecule has 0 unspecified atom stereocenters. The second-order valence-electron chi connectivity index (χ2n) is 6.09. The van der Waals surface area contributed by atoms with Crippen molar-refractivity contribution >= 4 is 27.6 Å². The number of ether oxygens (including phenoxy) is 3. The summed E-state index contributed by atoms with van der Waals surface area (Å²) in [6.45, 7) is 1.48. The Bertz CT molecular complexity index is 809. The van der Waals surface area contributed by atoms with Crippen LogP contribution < -0.4 is 19.5 Å². The zero-order valence-electron chi connectivity index (χ0n) is 14.0. The minimum atomic E-state index is -0.124. The van der Waals surface area contributed by atoms with Crippen molar-refractivity contribution in [1.29, 1.82) is 0 Å². The number of rotatable bonds is 3. The highest BCUT2D eigenvalue weighted by Crippen LogP contribution is 2.34. The first-order chi connectivity index (χ1) is 12.7. The van der Waals surface area contributed by atoms with Crippen LogP contribution in [0.4, 0.5) is 10.5 Å². The number of hydrogen-bond donors (Lipinski definition) is 1. The molecule has 0 aliphatic carbocycles. The Balaban J connectivity index is 1.30. The van der Waals surface area contributed by atoms with E-state index in [-0.39, 0.29) is 18.9 Å². The molecule has 4 rings (SSSR count). The Kier molecular flexibility index (Phi) is 4.83. The molecule has 1 N–H and O–H groups in total. The Labute approximate surface area is 159 Å². The highest BCUT2D eigenvalue weighted by molar-refractivity contribution is 9.10. The molecule has 7 nitrogen and oxygen atoms in total. The van der Waals surface area contributed by atoms with Crippen molar-refractivity contribution in [2.45, 2.75) is 18.9 Å². The van der Waals surface area contributed by atoms with E-state index in [4.69, 9.17) is 14.2 Å². The minimum absolute atomic E-state index is 0.0517. The number of urea groups is 1. The van der Waals surface area contributed by atoms with E-state index in [2.05, 4.69) is 26.2 Å². The minimum Gasteiger partial charge on any atom is -0.473 e. The number of piperidine rings is 1. The normalized spacial score (nSPS) is 16.4. The first-order valence-electron chi connectivity index (χ1n) is 8.42. The van der Waals surface area contributed by atoms with E-state index in [9.17, 15) is 4.79 Å². The molecule has 3 heterocycles. The lowest BCUT2D eigenvalue weighted by atomic mass is 10.1. The molecule has 1 aromatic heterocycles. The quantitative estimate of drug-likeness (QED) is 0.821. The standard InChI is InChI=1S/C18H18BrN3O4/c19-14-2-1-7-20-17(14)26-13-5-8-22(9-6-13)18(23)21-12-3-4-15-16(10-12)25-11-24-15/h1-4,7,10,13H,5-6,8-9,11H2,(H,21,23). The van der Waals surface area contributed by atoms with Crippen LogP contribution in [0.5, 0.6) is 17.4 Å². The molecule has 2 amide bonds. The van der Waals surface area contributed by atoms with Gasteiger partial charge in [-0.05, 0) is 40.2 Å². The Morgan fingerprint density at radius 3 is 2.85 bits per heavy atom. The first-order valence-corrected chi connectivity index (χ1v) is 9.21. The van der Waals surface area contributed by atoms with Gasteiger partial charge < -0.3 is 24.4 Å². The van der Waals surface area contributed by atoms with Crippen LogP contribution in [0, 0.1) is 0 Å². The topological polar surface area (TPSA) is 72.9 Å². The molecular weight excluding hydrogens is 402 g/mol. The fourth-order valence-electron chi connectivity index (χ4n) is 2.97. The van der Waals surface area contributed by atoms with Gasteiger partial charge >= 0.3 is 6.03 Å². The van der Waals surface area contributed by atoms with Crippen LogP contribution in [0.3, 0.4) is 0 Å². The zero-order chi connectivity index (χ0) is 17.9. The molecule has 1 fully saturated rings. The molecule has 2 aliphatic heterocycles. The lowest BCUT2D eigenvalue weighted by Crippen LogP contribution is -2.43. The summed E-state index contributed by atoms with van der Waals surface area (Å²) in [5, 5.41) is 2.91. The maximum Gasteiger partial charge on any atom is 0.321 e. The van der Waals surface area contributed by atoms with Gasteiger partial charge in [0.05, 0.1) is 4.47 Å². The number of nitrogens with one attached hydrogen (secondary N) is 1. The number of amides is 2. The number of carbonyl (C=O) groups excluding carboxylic acids is 1. The van der Waals surface area contributed by atoms with Crippen molar-refractivity contribution in [3.05, 3.63) is 41.0 Å². The maximum absolute atomic E-state index is 12.5. The van der Waals surface area contributed by atoms with Crippen molar-refractivity contribution in [2.24, 2.45) is 0 Å². The summed E-state index contributed by atoms with van der Waals surface area (Å²) in [5.74, 6) is 1.94. The Hall–Kier alpha value is -2.48. The second-order valence-corrected chi connectivity index (χ2v) is 6.95. The van der Waals surface area contributed by atoms with Gasteiger partial charge in [0.1, 0.15) is 6.10 Å². The van der Waals surface area contributed by atoms with Crippen LogP contribution >= 0.6 is 15.9 Å². The summed E-state index contributed by atoms with van der Waals surface area (Å²) >= 11 is 3.44. The number of nitrogens with zero attached hydrogens (tertiary/aromatic N) is 2. The van der Waals surface area contributed by atoms with E-state index in [0.717, 1.165) is 17.3 Å². The van der Waals surface area contributed by atoms with E-state index >= 15 is 0 Å². The number of halogens is 1. The molecule has 0 saturated carbocycles. The van der Waals surface area contributed by atoms with Crippen molar-refractivity contribution in [3.63, 3.8) is 0 Å². The number of likely N-dealkylation sites (tertiary alicyclic amines) is 1. The SMILES string of the molecule is O=C(Nc1ccc2c(c1)OCO2)N1CCC(Oc2ncccc2Br)CC1. The fraction of sp³-hybridized carbons (Fsp3) is 0.333. The van der Waals surface area contributed by atoms with Gasteiger partial charge in [0.25, 0.3) is 0 Å². The number of hydrogen-bond acceptors (Lipinski definition) is 5. The largest absolute Gasteiger partial charge is 0.473 e. The molecule has 2 aliphatic rings. The molecule has 136 valence electrons. The van der Waals surface area contributed by atoms with E-state index < -0.39 is 0 Å². The molecule has 2 aromatic rings. The van der Waals surface area contributed by atoms with Gasteiger partial charge in [-0.25, -0.2) is 9.78 Å². The van der Waals surface area contributed by atoms with Gasteiger partial charge in [0, 0.05) is 43.9 Å². The number of aromatic nitrogens is 1. The molecule has 26 heavy (non-hydrogen) atoms. The summed E-state index contributed by atoms with van der Waals surface area (Å²) in [4.78, 5) is 18.5. The second kappa shape index (κ2) is 7.41. The number of pyridine rings is 1. The smallest absolute Gasteiger partial charge is 0.321 e. The van der Waals surface area contributed by atoms with Crippen LogP contribution in [0.15, 0.2) is 41.0 Å². The van der Waals surface area contributed by atoms with Gasteiger partial charge in [-0.3, -0.25) is 0 Å². The average molecular weight is 420 g/mol. The van der Waals surface area contributed by atoms with Crippen LogP contribution in [0.2, 0.25) is 0 Å². The summed E-state index contributed by atoms with van der Waals surface area (Å²) in [7, 11) is 0. The molecule has 1 saturated heterocycles. The average Bonchev–Trinajstić information content (AvgIpc) is 3.12. The molecule has 1 aromatic carbocycles. The van der Waals surface area contributed by atoms with E-state index in [1.54, 1.807) is 29.3 Å². The van der Waals surface area contributed by atoms with Crippen LogP contribution in [-0.4, -0.2) is 41.9 Å². The third-order valence-electron chi connectivity index (χ3n) is 4.36. The fourth-order valence-corrected chi connectivity index (χ4v) is 3.32. The first kappa shape index (κ1) is 17.0. The number of anilines is 1. The summed E-state index contributed by atoms with van der Waals surface area (Å²) in [6, 6.07) is 8.99.